The largest absolute Gasteiger partial charge is 0.481 e. The molecule has 84 valence electrons. The second-order valence-electron chi connectivity index (χ2n) is 5.87. The highest BCUT2D eigenvalue weighted by Crippen LogP contribution is 2.52. The van der Waals surface area contributed by atoms with E-state index in [0.717, 1.165) is 24.7 Å². The van der Waals surface area contributed by atoms with Gasteiger partial charge in [0.2, 0.25) is 0 Å². The summed E-state index contributed by atoms with van der Waals surface area (Å²) >= 11 is 0. The van der Waals surface area contributed by atoms with Crippen molar-refractivity contribution in [2.24, 2.45) is 35.3 Å². The molecule has 0 spiro atoms. The zero-order valence-electron chi connectivity index (χ0n) is 8.93. The fraction of sp³-hybridized carbons (Fsp3) is 0.917. The van der Waals surface area contributed by atoms with Gasteiger partial charge in [-0.05, 0) is 55.8 Å². The van der Waals surface area contributed by atoms with Crippen LogP contribution in [-0.2, 0) is 4.79 Å². The third kappa shape index (κ3) is 1.40. The van der Waals surface area contributed by atoms with Crippen molar-refractivity contribution in [1.82, 2.24) is 0 Å². The number of hydrogen-bond acceptors (Lipinski definition) is 2. The lowest BCUT2D eigenvalue weighted by molar-refractivity contribution is -0.145. The highest BCUT2D eigenvalue weighted by atomic mass is 16.4. The first-order chi connectivity index (χ1) is 7.15. The Morgan fingerprint density at radius 1 is 1.00 bits per heavy atom. The standard InChI is InChI=1S/C12H19NO2/c13-11-9-4-6-1-7(5-9)3-8(2-6)10(11)12(14)15/h6-11H,1-5,13H2,(H,14,15)/t6-,7+,8?,9?,10-,11+/m1/s1. The summed E-state index contributed by atoms with van der Waals surface area (Å²) in [5, 5.41) is 9.30. The van der Waals surface area contributed by atoms with Crippen LogP contribution in [0.4, 0.5) is 0 Å². The molecule has 3 N–H and O–H groups in total. The summed E-state index contributed by atoms with van der Waals surface area (Å²) in [5.41, 5.74) is 6.17. The molecule has 0 aromatic heterocycles. The van der Waals surface area contributed by atoms with E-state index in [1.165, 1.54) is 19.3 Å². The number of aliphatic carboxylic acids is 1. The quantitative estimate of drug-likeness (QED) is 0.687. The van der Waals surface area contributed by atoms with Crippen LogP contribution in [0.2, 0.25) is 0 Å². The molecule has 4 saturated carbocycles. The third-order valence-corrected chi connectivity index (χ3v) is 4.96. The van der Waals surface area contributed by atoms with Crippen LogP contribution in [0.5, 0.6) is 0 Å². The fourth-order valence-electron chi connectivity index (χ4n) is 4.54. The van der Waals surface area contributed by atoms with Gasteiger partial charge in [-0.2, -0.15) is 0 Å². The molecule has 3 nitrogen and oxygen atoms in total. The summed E-state index contributed by atoms with van der Waals surface area (Å²) in [5.74, 6) is 1.51. The molecule has 4 bridgehead atoms. The van der Waals surface area contributed by atoms with Crippen LogP contribution < -0.4 is 5.73 Å². The highest BCUT2D eigenvalue weighted by molar-refractivity contribution is 5.71. The van der Waals surface area contributed by atoms with Gasteiger partial charge in [0.1, 0.15) is 0 Å². The number of carboxylic acid groups (broad SMARTS) is 1. The van der Waals surface area contributed by atoms with E-state index in [4.69, 9.17) is 5.73 Å². The van der Waals surface area contributed by atoms with Crippen molar-refractivity contribution in [3.05, 3.63) is 0 Å². The Morgan fingerprint density at radius 3 is 2.07 bits per heavy atom. The van der Waals surface area contributed by atoms with Crippen molar-refractivity contribution < 1.29 is 9.90 Å². The minimum absolute atomic E-state index is 0.0807. The number of carboxylic acids is 1. The highest BCUT2D eigenvalue weighted by Gasteiger charge is 2.49. The molecular weight excluding hydrogens is 190 g/mol. The first kappa shape index (κ1) is 9.64. The Kier molecular flexibility index (Phi) is 2.06. The smallest absolute Gasteiger partial charge is 0.308 e. The zero-order chi connectivity index (χ0) is 10.6. The van der Waals surface area contributed by atoms with E-state index in [-0.39, 0.29) is 12.0 Å². The second kappa shape index (κ2) is 3.21. The Morgan fingerprint density at radius 2 is 1.53 bits per heavy atom. The predicted octanol–water partition coefficient (Wildman–Crippen LogP) is 1.47. The molecule has 15 heavy (non-hydrogen) atoms. The lowest BCUT2D eigenvalue weighted by Gasteiger charge is -2.38. The van der Waals surface area contributed by atoms with Gasteiger partial charge in [-0.15, -0.1) is 0 Å². The Labute approximate surface area is 90.0 Å². The van der Waals surface area contributed by atoms with Crippen LogP contribution >= 0.6 is 0 Å². The number of nitrogens with two attached hydrogens (primary N) is 1. The van der Waals surface area contributed by atoms with Gasteiger partial charge in [-0.25, -0.2) is 0 Å². The lowest BCUT2D eigenvalue weighted by Crippen LogP contribution is -2.42. The first-order valence-corrected chi connectivity index (χ1v) is 6.13. The first-order valence-electron chi connectivity index (χ1n) is 6.13. The van der Waals surface area contributed by atoms with Gasteiger partial charge in [-0.1, -0.05) is 0 Å². The molecule has 0 radical (unpaired) electrons. The molecule has 0 amide bonds. The molecule has 4 fully saturated rings. The van der Waals surface area contributed by atoms with Crippen LogP contribution in [0.25, 0.3) is 0 Å². The zero-order valence-corrected chi connectivity index (χ0v) is 8.93. The minimum atomic E-state index is -0.652. The number of hydrogen-bond donors (Lipinski definition) is 2. The van der Waals surface area contributed by atoms with Crippen molar-refractivity contribution in [2.45, 2.75) is 38.1 Å². The SMILES string of the molecule is N[C@H]1C2C[C@H]3CC(C[C@@H](C2)C3)[C@H]1C(=O)O. The van der Waals surface area contributed by atoms with Gasteiger partial charge >= 0.3 is 5.97 Å². The maximum absolute atomic E-state index is 11.3. The summed E-state index contributed by atoms with van der Waals surface area (Å²) in [7, 11) is 0. The van der Waals surface area contributed by atoms with Crippen LogP contribution in [0.15, 0.2) is 0 Å². The summed E-state index contributed by atoms with van der Waals surface area (Å²) in [4.78, 5) is 11.3. The maximum atomic E-state index is 11.3. The van der Waals surface area contributed by atoms with Gasteiger partial charge in [0.25, 0.3) is 0 Å². The van der Waals surface area contributed by atoms with E-state index in [1.807, 2.05) is 0 Å². The van der Waals surface area contributed by atoms with E-state index in [1.54, 1.807) is 0 Å². The summed E-state index contributed by atoms with van der Waals surface area (Å²) in [6.07, 6.45) is 5.97. The molecule has 0 aliphatic heterocycles. The predicted molar refractivity (Wildman–Crippen MR) is 56.1 cm³/mol. The normalized spacial score (nSPS) is 52.9. The summed E-state index contributed by atoms with van der Waals surface area (Å²) in [6, 6.07) is -0.0807. The van der Waals surface area contributed by atoms with Crippen LogP contribution in [-0.4, -0.2) is 17.1 Å². The van der Waals surface area contributed by atoms with Crippen molar-refractivity contribution in [1.29, 1.82) is 0 Å². The van der Waals surface area contributed by atoms with Gasteiger partial charge in [0, 0.05) is 6.04 Å². The molecule has 4 aliphatic carbocycles. The molecule has 4 aliphatic rings. The monoisotopic (exact) mass is 209 g/mol. The second-order valence-corrected chi connectivity index (χ2v) is 5.87. The fourth-order valence-corrected chi connectivity index (χ4v) is 4.54. The Bertz CT molecular complexity index is 277. The lowest BCUT2D eigenvalue weighted by atomic mass is 9.67. The number of rotatable bonds is 1. The molecule has 4 rings (SSSR count). The average molecular weight is 209 g/mol. The molecule has 3 heteroatoms. The van der Waals surface area contributed by atoms with Gasteiger partial charge in [-0.3, -0.25) is 4.79 Å². The average Bonchev–Trinajstić information content (AvgIpc) is 2.28. The van der Waals surface area contributed by atoms with E-state index in [0.29, 0.717) is 11.8 Å². The molecule has 0 aromatic carbocycles. The summed E-state index contributed by atoms with van der Waals surface area (Å²) in [6.45, 7) is 0. The molecular formula is C12H19NO2. The van der Waals surface area contributed by atoms with Crippen LogP contribution in [0.3, 0.4) is 0 Å². The minimum Gasteiger partial charge on any atom is -0.481 e. The Balaban J connectivity index is 1.95. The summed E-state index contributed by atoms with van der Waals surface area (Å²) < 4.78 is 0. The van der Waals surface area contributed by atoms with Crippen molar-refractivity contribution >= 4 is 5.97 Å². The Hall–Kier alpha value is -0.570. The number of carbonyl (C=O) groups is 1. The van der Waals surface area contributed by atoms with E-state index >= 15 is 0 Å². The van der Waals surface area contributed by atoms with E-state index < -0.39 is 5.97 Å². The van der Waals surface area contributed by atoms with Crippen LogP contribution in [0.1, 0.15) is 32.1 Å². The molecule has 0 saturated heterocycles. The topological polar surface area (TPSA) is 63.3 Å². The molecule has 0 aromatic rings. The third-order valence-electron chi connectivity index (χ3n) is 4.96. The van der Waals surface area contributed by atoms with E-state index in [9.17, 15) is 9.90 Å². The van der Waals surface area contributed by atoms with Crippen LogP contribution in [0, 0.1) is 29.6 Å². The van der Waals surface area contributed by atoms with Gasteiger partial charge in [0.05, 0.1) is 5.92 Å². The molecule has 2 unspecified atom stereocenters. The molecule has 6 atom stereocenters. The van der Waals surface area contributed by atoms with Crippen molar-refractivity contribution in [2.75, 3.05) is 0 Å². The van der Waals surface area contributed by atoms with Crippen molar-refractivity contribution in [3.63, 3.8) is 0 Å². The maximum Gasteiger partial charge on any atom is 0.308 e. The number of fused-ring (bicyclic) bond motifs is 1. The van der Waals surface area contributed by atoms with Gasteiger partial charge < -0.3 is 10.8 Å². The van der Waals surface area contributed by atoms with Gasteiger partial charge in [0.15, 0.2) is 0 Å². The van der Waals surface area contributed by atoms with Crippen molar-refractivity contribution in [3.8, 4) is 0 Å². The molecule has 0 heterocycles. The van der Waals surface area contributed by atoms with E-state index in [2.05, 4.69) is 0 Å².